The van der Waals surface area contributed by atoms with Crippen LogP contribution in [0, 0.1) is 0 Å². The van der Waals surface area contributed by atoms with Crippen LogP contribution in [0.5, 0.6) is 0 Å². The third-order valence-electron chi connectivity index (χ3n) is 5.77. The summed E-state index contributed by atoms with van der Waals surface area (Å²) in [4.78, 5) is 14.5. The summed E-state index contributed by atoms with van der Waals surface area (Å²) in [5.74, 6) is 0.751. The van der Waals surface area contributed by atoms with Crippen molar-refractivity contribution in [2.45, 2.75) is 43.7 Å². The quantitative estimate of drug-likeness (QED) is 0.583. The van der Waals surface area contributed by atoms with Gasteiger partial charge in [-0.25, -0.2) is 15.0 Å². The third-order valence-corrected chi connectivity index (χ3v) is 6.99. The number of benzene rings is 1. The Kier molecular flexibility index (Phi) is 5.06. The largest absolute Gasteiger partial charge is 0.416 e. The fourth-order valence-corrected chi connectivity index (χ4v) is 5.28. The Labute approximate surface area is 176 Å². The van der Waals surface area contributed by atoms with Crippen LogP contribution in [-0.2, 0) is 6.18 Å². The second kappa shape index (κ2) is 7.74. The van der Waals surface area contributed by atoms with Crippen molar-refractivity contribution >= 4 is 11.3 Å². The van der Waals surface area contributed by atoms with Crippen molar-refractivity contribution in [1.82, 2.24) is 20.3 Å². The van der Waals surface area contributed by atoms with E-state index < -0.39 is 11.7 Å². The van der Waals surface area contributed by atoms with E-state index in [1.165, 1.54) is 18.5 Å². The zero-order chi connectivity index (χ0) is 20.7. The molecule has 1 N–H and O–H groups in total. The molecule has 5 rings (SSSR count). The summed E-state index contributed by atoms with van der Waals surface area (Å²) in [5, 5.41) is 4.34. The fourth-order valence-electron chi connectivity index (χ4n) is 4.00. The van der Waals surface area contributed by atoms with Crippen molar-refractivity contribution in [1.29, 1.82) is 0 Å². The third kappa shape index (κ3) is 3.86. The van der Waals surface area contributed by atoms with E-state index in [2.05, 4.69) is 15.3 Å². The fraction of sp³-hybridized carbons (Fsp3) is 0.409. The molecule has 156 valence electrons. The van der Waals surface area contributed by atoms with E-state index in [1.807, 2.05) is 6.20 Å². The van der Waals surface area contributed by atoms with Crippen LogP contribution in [0.25, 0.3) is 21.8 Å². The number of piperidine rings is 1. The molecule has 1 aliphatic carbocycles. The van der Waals surface area contributed by atoms with Gasteiger partial charge in [-0.2, -0.15) is 13.2 Å². The molecule has 0 spiro atoms. The molecule has 0 atom stereocenters. The van der Waals surface area contributed by atoms with Crippen molar-refractivity contribution in [3.63, 3.8) is 0 Å². The van der Waals surface area contributed by atoms with Crippen molar-refractivity contribution in [3.05, 3.63) is 52.9 Å². The predicted molar refractivity (Wildman–Crippen MR) is 110 cm³/mol. The highest BCUT2D eigenvalue weighted by Gasteiger charge is 2.33. The van der Waals surface area contributed by atoms with Crippen LogP contribution in [0.3, 0.4) is 0 Å². The molecule has 4 nitrogen and oxygen atoms in total. The number of nitrogens with zero attached hydrogens (tertiary/aromatic N) is 3. The van der Waals surface area contributed by atoms with Crippen LogP contribution in [0.2, 0.25) is 0 Å². The molecule has 30 heavy (non-hydrogen) atoms. The van der Waals surface area contributed by atoms with E-state index >= 15 is 0 Å². The summed E-state index contributed by atoms with van der Waals surface area (Å²) in [6.07, 6.45) is 3.12. The van der Waals surface area contributed by atoms with Crippen LogP contribution >= 0.6 is 11.3 Å². The molecule has 0 radical (unpaired) electrons. The maximum absolute atomic E-state index is 13.3. The van der Waals surface area contributed by atoms with Gasteiger partial charge in [0.1, 0.15) is 6.33 Å². The molecular formula is C22H21F3N4S. The van der Waals surface area contributed by atoms with Gasteiger partial charge < -0.3 is 5.32 Å². The number of hydrogen-bond acceptors (Lipinski definition) is 5. The van der Waals surface area contributed by atoms with Crippen LogP contribution in [-0.4, -0.2) is 28.0 Å². The Bertz CT molecular complexity index is 1050. The highest BCUT2D eigenvalue weighted by molar-refractivity contribution is 7.15. The number of halogens is 3. The Morgan fingerprint density at radius 2 is 1.80 bits per heavy atom. The first-order chi connectivity index (χ1) is 14.5. The normalized spacial score (nSPS) is 18.0. The molecule has 1 aromatic carbocycles. The lowest BCUT2D eigenvalue weighted by Gasteiger charge is -2.20. The van der Waals surface area contributed by atoms with Gasteiger partial charge in [0.05, 0.1) is 26.8 Å². The number of aromatic nitrogens is 3. The average Bonchev–Trinajstić information content (AvgIpc) is 3.52. The zero-order valence-electron chi connectivity index (χ0n) is 16.2. The molecule has 2 aliphatic rings. The number of nitrogens with one attached hydrogen (secondary N) is 1. The van der Waals surface area contributed by atoms with Crippen molar-refractivity contribution in [3.8, 4) is 21.8 Å². The Hall–Kier alpha value is -2.32. The molecule has 1 aliphatic heterocycles. The standard InChI is InChI=1S/C22H21F3N4S/c23-22(24,25)16-3-1-2-15(10-16)18-20(19-17(13-4-5-13)11-27-12-28-19)30-21(29-18)14-6-8-26-9-7-14/h1-3,10-14,26H,4-9H2. The summed E-state index contributed by atoms with van der Waals surface area (Å²) < 4.78 is 40.0. The first-order valence-corrected chi connectivity index (χ1v) is 11.0. The Morgan fingerprint density at radius 1 is 1.00 bits per heavy atom. The van der Waals surface area contributed by atoms with Gasteiger partial charge in [-0.15, -0.1) is 11.3 Å². The van der Waals surface area contributed by atoms with Gasteiger partial charge in [0, 0.05) is 23.2 Å². The van der Waals surface area contributed by atoms with Crippen LogP contribution in [0.4, 0.5) is 13.2 Å². The Balaban J connectivity index is 1.65. The second-order valence-corrected chi connectivity index (χ2v) is 8.96. The summed E-state index contributed by atoms with van der Waals surface area (Å²) in [7, 11) is 0. The van der Waals surface area contributed by atoms with Crippen molar-refractivity contribution < 1.29 is 13.2 Å². The molecule has 2 aromatic heterocycles. The number of thiazole rings is 1. The lowest BCUT2D eigenvalue weighted by Crippen LogP contribution is -2.26. The van der Waals surface area contributed by atoms with Crippen LogP contribution < -0.4 is 5.32 Å². The molecular weight excluding hydrogens is 409 g/mol. The molecule has 0 unspecified atom stereocenters. The summed E-state index contributed by atoms with van der Waals surface area (Å²) in [5.41, 5.74) is 2.31. The molecule has 0 bridgehead atoms. The minimum atomic E-state index is -4.39. The zero-order valence-corrected chi connectivity index (χ0v) is 17.1. The highest BCUT2D eigenvalue weighted by atomic mass is 32.1. The topological polar surface area (TPSA) is 50.7 Å². The van der Waals surface area contributed by atoms with Gasteiger partial charge in [0.25, 0.3) is 0 Å². The highest BCUT2D eigenvalue weighted by Crippen LogP contribution is 2.47. The first-order valence-electron chi connectivity index (χ1n) is 10.2. The number of rotatable bonds is 4. The molecule has 1 saturated heterocycles. The first kappa shape index (κ1) is 19.6. The van der Waals surface area contributed by atoms with Gasteiger partial charge >= 0.3 is 6.18 Å². The molecule has 3 aromatic rings. The van der Waals surface area contributed by atoms with E-state index in [4.69, 9.17) is 4.98 Å². The molecule has 0 amide bonds. The maximum Gasteiger partial charge on any atom is 0.416 e. The SMILES string of the molecule is FC(F)(F)c1cccc(-c2nc(C3CCNCC3)sc2-c2ncncc2C2CC2)c1. The van der Waals surface area contributed by atoms with E-state index in [-0.39, 0.29) is 0 Å². The van der Waals surface area contributed by atoms with E-state index in [0.717, 1.165) is 66.0 Å². The monoisotopic (exact) mass is 430 g/mol. The Morgan fingerprint density at radius 3 is 2.53 bits per heavy atom. The smallest absolute Gasteiger partial charge is 0.317 e. The van der Waals surface area contributed by atoms with Gasteiger partial charge in [-0.1, -0.05) is 12.1 Å². The van der Waals surface area contributed by atoms with Gasteiger partial charge in [0.15, 0.2) is 0 Å². The van der Waals surface area contributed by atoms with E-state index in [1.54, 1.807) is 17.4 Å². The second-order valence-electron chi connectivity index (χ2n) is 7.93. The summed E-state index contributed by atoms with van der Waals surface area (Å²) >= 11 is 1.58. The van der Waals surface area contributed by atoms with Gasteiger partial charge in [-0.05, 0) is 56.8 Å². The van der Waals surface area contributed by atoms with Crippen molar-refractivity contribution in [2.24, 2.45) is 0 Å². The van der Waals surface area contributed by atoms with E-state index in [9.17, 15) is 13.2 Å². The lowest BCUT2D eigenvalue weighted by atomic mass is 9.99. The minimum absolute atomic E-state index is 0.320. The van der Waals surface area contributed by atoms with Gasteiger partial charge in [-0.3, -0.25) is 0 Å². The minimum Gasteiger partial charge on any atom is -0.317 e. The van der Waals surface area contributed by atoms with Crippen LogP contribution in [0.15, 0.2) is 36.8 Å². The number of hydrogen-bond donors (Lipinski definition) is 1. The van der Waals surface area contributed by atoms with E-state index in [0.29, 0.717) is 23.1 Å². The molecule has 1 saturated carbocycles. The molecule has 3 heterocycles. The predicted octanol–water partition coefficient (Wildman–Crippen LogP) is 5.63. The maximum atomic E-state index is 13.3. The lowest BCUT2D eigenvalue weighted by molar-refractivity contribution is -0.137. The van der Waals surface area contributed by atoms with Gasteiger partial charge in [0.2, 0.25) is 0 Å². The van der Waals surface area contributed by atoms with Crippen LogP contribution in [0.1, 0.15) is 53.7 Å². The summed E-state index contributed by atoms with van der Waals surface area (Å²) in [6, 6.07) is 5.46. The molecule has 2 fully saturated rings. The number of alkyl halides is 3. The van der Waals surface area contributed by atoms with Crippen molar-refractivity contribution in [2.75, 3.05) is 13.1 Å². The average molecular weight is 430 g/mol. The molecule has 8 heteroatoms. The summed E-state index contributed by atoms with van der Waals surface area (Å²) in [6.45, 7) is 1.86.